The molecule has 1 aliphatic carbocycles. The van der Waals surface area contributed by atoms with E-state index in [0.29, 0.717) is 43.0 Å². The Morgan fingerprint density at radius 3 is 2.50 bits per heavy atom. The van der Waals surface area contributed by atoms with Gasteiger partial charge in [-0.1, -0.05) is 11.6 Å². The van der Waals surface area contributed by atoms with Gasteiger partial charge in [0.2, 0.25) is 5.78 Å². The Kier molecular flexibility index (Phi) is 5.49. The number of aromatic nitrogens is 3. The second-order valence-electron chi connectivity index (χ2n) is 7.22. The lowest BCUT2D eigenvalue weighted by Gasteiger charge is -2.15. The molecule has 0 unspecified atom stereocenters. The van der Waals surface area contributed by atoms with Crippen molar-refractivity contribution in [3.05, 3.63) is 75.1 Å². The first-order chi connectivity index (χ1) is 15.1. The first kappa shape index (κ1) is 21.9. The SMILES string of the molecule is O=C(O)c1ccc(-n2nc(C(=O)c3c(C(F)(F)F)ccnc3Cl)c3c2CCCC3)c(F)c1. The van der Waals surface area contributed by atoms with Gasteiger partial charge >= 0.3 is 12.1 Å². The molecule has 0 amide bonds. The second-order valence-corrected chi connectivity index (χ2v) is 7.57. The first-order valence-electron chi connectivity index (χ1n) is 9.50. The lowest BCUT2D eigenvalue weighted by molar-refractivity contribution is -0.137. The average Bonchev–Trinajstić information content (AvgIpc) is 3.12. The summed E-state index contributed by atoms with van der Waals surface area (Å²) >= 11 is 5.88. The molecule has 0 bridgehead atoms. The third-order valence-electron chi connectivity index (χ3n) is 5.26. The highest BCUT2D eigenvalue weighted by Gasteiger charge is 2.39. The van der Waals surface area contributed by atoms with E-state index >= 15 is 0 Å². The van der Waals surface area contributed by atoms with Crippen molar-refractivity contribution >= 4 is 23.4 Å². The highest BCUT2D eigenvalue weighted by molar-refractivity contribution is 6.34. The zero-order valence-electron chi connectivity index (χ0n) is 16.2. The van der Waals surface area contributed by atoms with Gasteiger partial charge < -0.3 is 5.11 Å². The summed E-state index contributed by atoms with van der Waals surface area (Å²) in [5.41, 5.74) is -1.81. The Morgan fingerprint density at radius 2 is 1.84 bits per heavy atom. The van der Waals surface area contributed by atoms with Crippen molar-refractivity contribution in [2.75, 3.05) is 0 Å². The van der Waals surface area contributed by atoms with Gasteiger partial charge in [0, 0.05) is 17.5 Å². The van der Waals surface area contributed by atoms with Crippen LogP contribution in [0.3, 0.4) is 0 Å². The van der Waals surface area contributed by atoms with Crippen LogP contribution in [-0.2, 0) is 19.0 Å². The summed E-state index contributed by atoms with van der Waals surface area (Å²) in [5.74, 6) is -3.27. The van der Waals surface area contributed by atoms with Crippen LogP contribution in [0.1, 0.15) is 56.1 Å². The van der Waals surface area contributed by atoms with E-state index in [-0.39, 0.29) is 16.9 Å². The number of ketones is 1. The molecular weight excluding hydrogens is 454 g/mol. The number of hydrogen-bond acceptors (Lipinski definition) is 4. The van der Waals surface area contributed by atoms with Crippen LogP contribution >= 0.6 is 11.6 Å². The molecule has 166 valence electrons. The number of benzene rings is 1. The van der Waals surface area contributed by atoms with Crippen LogP contribution in [0.5, 0.6) is 0 Å². The number of fused-ring (bicyclic) bond motifs is 1. The number of pyridine rings is 1. The fourth-order valence-electron chi connectivity index (χ4n) is 3.80. The Balaban J connectivity index is 1.90. The highest BCUT2D eigenvalue weighted by Crippen LogP contribution is 2.37. The molecule has 32 heavy (non-hydrogen) atoms. The van der Waals surface area contributed by atoms with E-state index in [9.17, 15) is 27.2 Å². The Labute approximate surface area is 183 Å². The van der Waals surface area contributed by atoms with E-state index in [4.69, 9.17) is 16.7 Å². The number of carbonyl (C=O) groups is 2. The molecule has 0 saturated carbocycles. The third-order valence-corrected chi connectivity index (χ3v) is 5.54. The zero-order chi connectivity index (χ0) is 23.2. The minimum absolute atomic E-state index is 0.111. The van der Waals surface area contributed by atoms with E-state index < -0.39 is 40.0 Å². The zero-order valence-corrected chi connectivity index (χ0v) is 17.0. The van der Waals surface area contributed by atoms with Crippen molar-refractivity contribution in [1.82, 2.24) is 14.8 Å². The molecule has 0 saturated heterocycles. The van der Waals surface area contributed by atoms with Crippen molar-refractivity contribution in [1.29, 1.82) is 0 Å². The summed E-state index contributed by atoms with van der Waals surface area (Å²) in [6.07, 6.45) is -1.82. The molecule has 0 atom stereocenters. The predicted molar refractivity (Wildman–Crippen MR) is 105 cm³/mol. The van der Waals surface area contributed by atoms with Crippen molar-refractivity contribution in [3.63, 3.8) is 0 Å². The number of carboxylic acid groups (broad SMARTS) is 1. The van der Waals surface area contributed by atoms with Gasteiger partial charge in [-0.05, 0) is 49.9 Å². The number of carboxylic acids is 1. The Bertz CT molecular complexity index is 1250. The van der Waals surface area contributed by atoms with E-state index in [2.05, 4.69) is 10.1 Å². The average molecular weight is 468 g/mol. The van der Waals surface area contributed by atoms with Crippen LogP contribution in [0.15, 0.2) is 30.5 Å². The fraction of sp³-hybridized carbons (Fsp3) is 0.238. The van der Waals surface area contributed by atoms with Crippen LogP contribution in [0.4, 0.5) is 17.6 Å². The minimum Gasteiger partial charge on any atom is -0.478 e. The summed E-state index contributed by atoms with van der Waals surface area (Å²) in [6.45, 7) is 0. The van der Waals surface area contributed by atoms with Crippen LogP contribution in [0.25, 0.3) is 5.69 Å². The summed E-state index contributed by atoms with van der Waals surface area (Å²) < 4.78 is 56.4. The maximum absolute atomic E-state index is 14.7. The Hall–Kier alpha value is -3.27. The van der Waals surface area contributed by atoms with Gasteiger partial charge in [-0.2, -0.15) is 18.3 Å². The molecule has 6 nitrogen and oxygen atoms in total. The molecule has 0 radical (unpaired) electrons. The number of halogens is 5. The summed E-state index contributed by atoms with van der Waals surface area (Å²) in [4.78, 5) is 27.9. The fourth-order valence-corrected chi connectivity index (χ4v) is 4.04. The van der Waals surface area contributed by atoms with Crippen molar-refractivity contribution in [2.24, 2.45) is 0 Å². The molecule has 1 aromatic carbocycles. The molecular formula is C21H14ClF4N3O3. The molecule has 4 rings (SSSR count). The molecule has 0 spiro atoms. The number of aromatic carboxylic acids is 1. The maximum Gasteiger partial charge on any atom is 0.417 e. The van der Waals surface area contributed by atoms with E-state index in [0.717, 1.165) is 16.9 Å². The number of rotatable bonds is 4. The van der Waals surface area contributed by atoms with Gasteiger partial charge in [-0.3, -0.25) is 4.79 Å². The summed E-state index contributed by atoms with van der Waals surface area (Å²) in [5, 5.41) is 12.6. The largest absolute Gasteiger partial charge is 0.478 e. The quantitative estimate of drug-likeness (QED) is 0.335. The highest BCUT2D eigenvalue weighted by atomic mass is 35.5. The standard InChI is InChI=1S/C21H14ClF4N3O3/c22-19-16(12(7-8-27-19)21(24,25)26)18(30)17-11-3-1-2-4-14(11)29(28-17)15-6-5-10(20(31)32)9-13(15)23/h5-9H,1-4H2,(H,31,32). The van der Waals surface area contributed by atoms with Gasteiger partial charge in [0.25, 0.3) is 0 Å². The molecule has 1 aliphatic rings. The van der Waals surface area contributed by atoms with E-state index in [1.165, 1.54) is 12.1 Å². The predicted octanol–water partition coefficient (Wildman–Crippen LogP) is 4.89. The maximum atomic E-state index is 14.7. The summed E-state index contributed by atoms with van der Waals surface area (Å²) in [6, 6.07) is 3.86. The number of hydrogen-bond donors (Lipinski definition) is 1. The topological polar surface area (TPSA) is 85.1 Å². The Morgan fingerprint density at radius 1 is 1.12 bits per heavy atom. The molecule has 2 heterocycles. The van der Waals surface area contributed by atoms with Gasteiger partial charge in [0.1, 0.15) is 22.4 Å². The first-order valence-corrected chi connectivity index (χ1v) is 9.87. The lowest BCUT2D eigenvalue weighted by Crippen LogP contribution is -2.17. The van der Waals surface area contributed by atoms with Gasteiger partial charge in [-0.15, -0.1) is 0 Å². The molecule has 11 heteroatoms. The van der Waals surface area contributed by atoms with Crippen LogP contribution in [0.2, 0.25) is 5.15 Å². The van der Waals surface area contributed by atoms with Crippen molar-refractivity contribution in [3.8, 4) is 5.69 Å². The lowest BCUT2D eigenvalue weighted by atomic mass is 9.92. The second kappa shape index (κ2) is 8.01. The number of nitrogens with zero attached hydrogens (tertiary/aromatic N) is 3. The number of carbonyl (C=O) groups excluding carboxylic acids is 1. The normalized spacial score (nSPS) is 13.7. The summed E-state index contributed by atoms with van der Waals surface area (Å²) in [7, 11) is 0. The van der Waals surface area contributed by atoms with Crippen LogP contribution in [0, 0.1) is 5.82 Å². The van der Waals surface area contributed by atoms with E-state index in [1.807, 2.05) is 0 Å². The smallest absolute Gasteiger partial charge is 0.417 e. The van der Waals surface area contributed by atoms with E-state index in [1.54, 1.807) is 0 Å². The van der Waals surface area contributed by atoms with Gasteiger partial charge in [0.15, 0.2) is 0 Å². The van der Waals surface area contributed by atoms with Gasteiger partial charge in [0.05, 0.1) is 16.7 Å². The van der Waals surface area contributed by atoms with Crippen molar-refractivity contribution < 1.29 is 32.3 Å². The number of alkyl halides is 3. The third kappa shape index (κ3) is 3.75. The van der Waals surface area contributed by atoms with Crippen LogP contribution < -0.4 is 0 Å². The molecule has 3 aromatic rings. The minimum atomic E-state index is -4.85. The van der Waals surface area contributed by atoms with Gasteiger partial charge in [-0.25, -0.2) is 18.9 Å². The monoisotopic (exact) mass is 467 g/mol. The molecule has 2 aromatic heterocycles. The van der Waals surface area contributed by atoms with Crippen molar-refractivity contribution in [2.45, 2.75) is 31.9 Å². The molecule has 0 fully saturated rings. The molecule has 1 N–H and O–H groups in total. The molecule has 0 aliphatic heterocycles. The van der Waals surface area contributed by atoms with Crippen LogP contribution in [-0.4, -0.2) is 31.6 Å².